The Morgan fingerprint density at radius 2 is 2.35 bits per heavy atom. The summed E-state index contributed by atoms with van der Waals surface area (Å²) in [5, 5.41) is 3.39. The van der Waals surface area contributed by atoms with Crippen molar-refractivity contribution in [3.05, 3.63) is 18.2 Å². The Bertz CT molecular complexity index is 362. The van der Waals surface area contributed by atoms with E-state index < -0.39 is 0 Å². The van der Waals surface area contributed by atoms with Crippen molar-refractivity contribution in [2.75, 3.05) is 37.9 Å². The number of benzene rings is 1. The van der Waals surface area contributed by atoms with Gasteiger partial charge >= 0.3 is 0 Å². The summed E-state index contributed by atoms with van der Waals surface area (Å²) in [6, 6.07) is 5.70. The lowest BCUT2D eigenvalue weighted by Crippen LogP contribution is -2.24. The molecule has 0 bridgehead atoms. The molecule has 1 heterocycles. The Morgan fingerprint density at radius 1 is 1.47 bits per heavy atom. The van der Waals surface area contributed by atoms with Gasteiger partial charge in [-0.25, -0.2) is 0 Å². The van der Waals surface area contributed by atoms with E-state index in [2.05, 4.69) is 5.32 Å². The molecule has 1 aliphatic rings. The zero-order valence-corrected chi connectivity index (χ0v) is 10.2. The van der Waals surface area contributed by atoms with Gasteiger partial charge in [-0.15, -0.1) is 0 Å². The van der Waals surface area contributed by atoms with Crippen molar-refractivity contribution < 1.29 is 9.47 Å². The van der Waals surface area contributed by atoms with Crippen LogP contribution in [0.2, 0.25) is 0 Å². The zero-order chi connectivity index (χ0) is 12.1. The summed E-state index contributed by atoms with van der Waals surface area (Å²) in [5.41, 5.74) is 7.52. The molecule has 0 saturated carbocycles. The van der Waals surface area contributed by atoms with Crippen molar-refractivity contribution >= 4 is 11.4 Å². The Labute approximate surface area is 102 Å². The van der Waals surface area contributed by atoms with Gasteiger partial charge in [-0.05, 0) is 24.8 Å². The minimum atomic E-state index is 0.594. The van der Waals surface area contributed by atoms with E-state index in [-0.39, 0.29) is 0 Å². The number of rotatable bonds is 4. The first-order valence-electron chi connectivity index (χ1n) is 6.04. The summed E-state index contributed by atoms with van der Waals surface area (Å²) in [5.74, 6) is 1.38. The third kappa shape index (κ3) is 3.53. The Hall–Kier alpha value is -1.42. The third-order valence-corrected chi connectivity index (χ3v) is 3.01. The van der Waals surface area contributed by atoms with Crippen molar-refractivity contribution in [3.63, 3.8) is 0 Å². The quantitative estimate of drug-likeness (QED) is 0.786. The average molecular weight is 236 g/mol. The van der Waals surface area contributed by atoms with Crippen molar-refractivity contribution in [1.29, 1.82) is 0 Å². The van der Waals surface area contributed by atoms with Crippen LogP contribution < -0.4 is 15.8 Å². The lowest BCUT2D eigenvalue weighted by atomic mass is 10.0. The maximum Gasteiger partial charge on any atom is 0.122 e. The summed E-state index contributed by atoms with van der Waals surface area (Å²) in [4.78, 5) is 0. The summed E-state index contributed by atoms with van der Waals surface area (Å²) >= 11 is 0. The fourth-order valence-electron chi connectivity index (χ4n) is 2.07. The molecule has 1 aromatic carbocycles. The highest BCUT2D eigenvalue weighted by Crippen LogP contribution is 2.23. The summed E-state index contributed by atoms with van der Waals surface area (Å²) < 4.78 is 10.6. The number of nitrogens with one attached hydrogen (secondary N) is 1. The highest BCUT2D eigenvalue weighted by molar-refractivity contribution is 5.59. The average Bonchev–Trinajstić information content (AvgIpc) is 2.37. The van der Waals surface area contributed by atoms with Crippen molar-refractivity contribution in [1.82, 2.24) is 0 Å². The zero-order valence-electron chi connectivity index (χ0n) is 10.2. The predicted molar refractivity (Wildman–Crippen MR) is 69.4 cm³/mol. The van der Waals surface area contributed by atoms with Crippen LogP contribution in [0.1, 0.15) is 12.8 Å². The highest BCUT2D eigenvalue weighted by Gasteiger charge is 2.13. The van der Waals surface area contributed by atoms with Crippen LogP contribution in [0, 0.1) is 5.92 Å². The van der Waals surface area contributed by atoms with Gasteiger partial charge in [0.05, 0.1) is 13.7 Å². The first-order valence-corrected chi connectivity index (χ1v) is 6.04. The van der Waals surface area contributed by atoms with E-state index in [0.29, 0.717) is 11.6 Å². The number of nitrogen functional groups attached to an aromatic ring is 1. The molecule has 0 amide bonds. The molecule has 3 N–H and O–H groups in total. The smallest absolute Gasteiger partial charge is 0.122 e. The normalized spacial score (nSPS) is 19.9. The maximum absolute atomic E-state index is 5.80. The molecular formula is C13H20N2O2. The van der Waals surface area contributed by atoms with Gasteiger partial charge in [0.25, 0.3) is 0 Å². The predicted octanol–water partition coefficient (Wildman–Crippen LogP) is 2.12. The van der Waals surface area contributed by atoms with E-state index in [4.69, 9.17) is 15.2 Å². The molecule has 1 aliphatic heterocycles. The Morgan fingerprint density at radius 3 is 3.06 bits per heavy atom. The van der Waals surface area contributed by atoms with E-state index in [0.717, 1.165) is 37.6 Å². The van der Waals surface area contributed by atoms with Gasteiger partial charge in [-0.3, -0.25) is 0 Å². The molecule has 1 saturated heterocycles. The van der Waals surface area contributed by atoms with Gasteiger partial charge in [0.2, 0.25) is 0 Å². The summed E-state index contributed by atoms with van der Waals surface area (Å²) in [7, 11) is 1.65. The van der Waals surface area contributed by atoms with Gasteiger partial charge in [0.1, 0.15) is 5.75 Å². The third-order valence-electron chi connectivity index (χ3n) is 3.01. The second-order valence-electron chi connectivity index (χ2n) is 4.46. The molecule has 2 rings (SSSR count). The fourth-order valence-corrected chi connectivity index (χ4v) is 2.07. The molecule has 4 heteroatoms. The lowest BCUT2D eigenvalue weighted by Gasteiger charge is -2.22. The van der Waals surface area contributed by atoms with Gasteiger partial charge in [0, 0.05) is 36.7 Å². The van der Waals surface area contributed by atoms with Crippen LogP contribution >= 0.6 is 0 Å². The Kier molecular flexibility index (Phi) is 4.09. The number of hydrogen-bond acceptors (Lipinski definition) is 4. The van der Waals surface area contributed by atoms with Crippen LogP contribution in [0.3, 0.4) is 0 Å². The largest absolute Gasteiger partial charge is 0.497 e. The molecule has 4 nitrogen and oxygen atoms in total. The topological polar surface area (TPSA) is 56.5 Å². The Balaban J connectivity index is 1.91. The van der Waals surface area contributed by atoms with E-state index in [1.807, 2.05) is 18.2 Å². The first-order chi connectivity index (χ1) is 8.28. The van der Waals surface area contributed by atoms with Gasteiger partial charge in [-0.1, -0.05) is 0 Å². The van der Waals surface area contributed by atoms with Gasteiger partial charge in [0.15, 0.2) is 0 Å². The van der Waals surface area contributed by atoms with E-state index in [1.54, 1.807) is 7.11 Å². The second kappa shape index (κ2) is 5.77. The van der Waals surface area contributed by atoms with Crippen LogP contribution in [0.5, 0.6) is 5.75 Å². The molecule has 17 heavy (non-hydrogen) atoms. The van der Waals surface area contributed by atoms with Crippen LogP contribution in [-0.4, -0.2) is 26.9 Å². The van der Waals surface area contributed by atoms with Crippen LogP contribution in [-0.2, 0) is 4.74 Å². The van der Waals surface area contributed by atoms with Crippen molar-refractivity contribution in [3.8, 4) is 5.75 Å². The van der Waals surface area contributed by atoms with Gasteiger partial charge in [-0.2, -0.15) is 0 Å². The molecule has 0 spiro atoms. The summed E-state index contributed by atoms with van der Waals surface area (Å²) in [6.45, 7) is 2.68. The van der Waals surface area contributed by atoms with E-state index >= 15 is 0 Å². The number of hydrogen-bond donors (Lipinski definition) is 2. The second-order valence-corrected chi connectivity index (χ2v) is 4.46. The van der Waals surface area contributed by atoms with Gasteiger partial charge < -0.3 is 20.5 Å². The molecule has 0 radical (unpaired) electrons. The van der Waals surface area contributed by atoms with E-state index in [1.165, 1.54) is 6.42 Å². The monoisotopic (exact) mass is 236 g/mol. The van der Waals surface area contributed by atoms with Crippen molar-refractivity contribution in [2.24, 2.45) is 5.92 Å². The van der Waals surface area contributed by atoms with Crippen LogP contribution in [0.4, 0.5) is 11.4 Å². The number of nitrogens with two attached hydrogens (primary N) is 1. The molecule has 1 fully saturated rings. The highest BCUT2D eigenvalue weighted by atomic mass is 16.5. The van der Waals surface area contributed by atoms with Crippen LogP contribution in [0.15, 0.2) is 18.2 Å². The molecule has 94 valence electrons. The molecule has 0 aliphatic carbocycles. The molecule has 1 aromatic rings. The SMILES string of the molecule is COc1cc(N)cc(NCC2CCCOC2)c1. The molecular weight excluding hydrogens is 216 g/mol. The number of anilines is 2. The maximum atomic E-state index is 5.80. The minimum absolute atomic E-state index is 0.594. The lowest BCUT2D eigenvalue weighted by molar-refractivity contribution is 0.0595. The van der Waals surface area contributed by atoms with Crippen molar-refractivity contribution in [2.45, 2.75) is 12.8 Å². The first kappa shape index (κ1) is 12.0. The van der Waals surface area contributed by atoms with E-state index in [9.17, 15) is 0 Å². The fraction of sp³-hybridized carbons (Fsp3) is 0.538. The molecule has 1 unspecified atom stereocenters. The molecule has 0 aromatic heterocycles. The standard InChI is InChI=1S/C13H20N2O2/c1-16-13-6-11(14)5-12(7-13)15-8-10-3-2-4-17-9-10/h5-7,10,15H,2-4,8-9,14H2,1H3. The number of ether oxygens (including phenoxy) is 2. The van der Waals surface area contributed by atoms with Crippen LogP contribution in [0.25, 0.3) is 0 Å². The summed E-state index contributed by atoms with van der Waals surface area (Å²) in [6.07, 6.45) is 2.39. The molecule has 1 atom stereocenters. The number of methoxy groups -OCH3 is 1. The minimum Gasteiger partial charge on any atom is -0.497 e.